The quantitative estimate of drug-likeness (QED) is 0.333. The van der Waals surface area contributed by atoms with Gasteiger partial charge in [0, 0.05) is 43.8 Å². The summed E-state index contributed by atoms with van der Waals surface area (Å²) in [5.74, 6) is -4.49. The summed E-state index contributed by atoms with van der Waals surface area (Å²) < 4.78 is 34.5. The van der Waals surface area contributed by atoms with Crippen LogP contribution in [0, 0.1) is 5.41 Å². The number of alkyl halides is 2. The highest BCUT2D eigenvalue weighted by molar-refractivity contribution is 6.18. The second-order valence-corrected chi connectivity index (χ2v) is 9.19. The summed E-state index contributed by atoms with van der Waals surface area (Å²) in [6.07, 6.45) is 5.60. The summed E-state index contributed by atoms with van der Waals surface area (Å²) in [7, 11) is 0. The Bertz CT molecular complexity index is 1170. The maximum absolute atomic E-state index is 14.5. The molecule has 1 fully saturated rings. The molecule has 0 aliphatic carbocycles. The number of amides is 2. The summed E-state index contributed by atoms with van der Waals surface area (Å²) >= 11 is 0. The van der Waals surface area contributed by atoms with Crippen molar-refractivity contribution in [3.05, 3.63) is 46.9 Å². The normalized spacial score (nSPS) is 19.2. The van der Waals surface area contributed by atoms with E-state index in [1.165, 1.54) is 6.21 Å². The zero-order valence-corrected chi connectivity index (χ0v) is 20.0. The van der Waals surface area contributed by atoms with Crippen molar-refractivity contribution < 1.29 is 28.2 Å². The van der Waals surface area contributed by atoms with E-state index in [4.69, 9.17) is 10.1 Å². The Balaban J connectivity index is 1.67. The Morgan fingerprint density at radius 1 is 1.33 bits per heavy atom. The minimum Gasteiger partial charge on any atom is -0.384 e. The number of fused-ring (bicyclic) bond motifs is 1. The van der Waals surface area contributed by atoms with Crippen LogP contribution < -0.4 is 15.5 Å². The number of allylic oxidation sites excluding steroid dienone is 1. The first-order chi connectivity index (χ1) is 17.0. The van der Waals surface area contributed by atoms with E-state index in [1.54, 1.807) is 24.4 Å². The number of nitrogens with one attached hydrogen (secondary N) is 3. The molecular weight excluding hydrogens is 474 g/mol. The highest BCUT2D eigenvalue weighted by Gasteiger charge is 2.48. The van der Waals surface area contributed by atoms with Crippen molar-refractivity contribution in [3.8, 4) is 0 Å². The van der Waals surface area contributed by atoms with E-state index < -0.39 is 29.9 Å². The number of halogens is 2. The predicted octanol–water partition coefficient (Wildman–Crippen LogP) is 1.87. The van der Waals surface area contributed by atoms with Gasteiger partial charge in [0.2, 0.25) is 0 Å². The molecular formula is C24H28F2N6O4. The molecule has 4 rings (SSSR count). The number of morpholine rings is 1. The number of rotatable bonds is 7. The van der Waals surface area contributed by atoms with Crippen LogP contribution in [0.1, 0.15) is 29.8 Å². The Kier molecular flexibility index (Phi) is 6.92. The minimum atomic E-state index is -3.53. The number of hydrogen-bond acceptors (Lipinski definition) is 8. The third-order valence-electron chi connectivity index (χ3n) is 6.23. The van der Waals surface area contributed by atoms with Gasteiger partial charge in [-0.1, -0.05) is 0 Å². The van der Waals surface area contributed by atoms with Crippen LogP contribution in [0.3, 0.4) is 0 Å². The van der Waals surface area contributed by atoms with Gasteiger partial charge in [0.25, 0.3) is 17.7 Å². The average Bonchev–Trinajstić information content (AvgIpc) is 3.13. The van der Waals surface area contributed by atoms with Crippen molar-refractivity contribution >= 4 is 35.6 Å². The maximum atomic E-state index is 14.5. The molecule has 3 aliphatic rings. The molecule has 2 amide bonds. The largest absolute Gasteiger partial charge is 0.384 e. The van der Waals surface area contributed by atoms with Crippen LogP contribution in [-0.2, 0) is 16.1 Å². The molecule has 36 heavy (non-hydrogen) atoms. The minimum absolute atomic E-state index is 0.00783. The van der Waals surface area contributed by atoms with Gasteiger partial charge in [-0.05, 0) is 37.6 Å². The Labute approximate surface area is 206 Å². The van der Waals surface area contributed by atoms with E-state index in [-0.39, 0.29) is 23.5 Å². The van der Waals surface area contributed by atoms with Gasteiger partial charge in [0.05, 0.1) is 36.7 Å². The molecule has 0 atom stereocenters. The molecule has 192 valence electrons. The molecule has 0 radical (unpaired) electrons. The number of ether oxygens (including phenoxy) is 1. The van der Waals surface area contributed by atoms with Crippen LogP contribution in [0.25, 0.3) is 0 Å². The van der Waals surface area contributed by atoms with Crippen LogP contribution in [0.2, 0.25) is 0 Å². The number of aliphatic hydroxyl groups is 1. The number of benzene rings is 1. The molecule has 10 nitrogen and oxygen atoms in total. The highest BCUT2D eigenvalue weighted by atomic mass is 19.3. The van der Waals surface area contributed by atoms with Crippen molar-refractivity contribution in [1.29, 1.82) is 5.41 Å². The first-order valence-electron chi connectivity index (χ1n) is 11.4. The molecule has 0 aromatic heterocycles. The maximum Gasteiger partial charge on any atom is 0.292 e. The molecule has 1 aromatic rings. The first-order valence-corrected chi connectivity index (χ1v) is 11.4. The highest BCUT2D eigenvalue weighted by Crippen LogP contribution is 2.37. The number of anilines is 2. The molecule has 0 unspecified atom stereocenters. The third-order valence-corrected chi connectivity index (χ3v) is 6.23. The van der Waals surface area contributed by atoms with E-state index in [0.717, 1.165) is 25.0 Å². The number of carbonyl (C=O) groups is 2. The Morgan fingerprint density at radius 2 is 2.06 bits per heavy atom. The Morgan fingerprint density at radius 3 is 2.67 bits per heavy atom. The van der Waals surface area contributed by atoms with Crippen molar-refractivity contribution in [2.45, 2.75) is 31.9 Å². The van der Waals surface area contributed by atoms with E-state index in [1.807, 2.05) is 4.90 Å². The fourth-order valence-corrected chi connectivity index (χ4v) is 4.04. The molecule has 3 aliphatic heterocycles. The van der Waals surface area contributed by atoms with Gasteiger partial charge in [0.1, 0.15) is 11.4 Å². The summed E-state index contributed by atoms with van der Waals surface area (Å²) in [6, 6.07) is 3.19. The van der Waals surface area contributed by atoms with Crippen LogP contribution in [0.15, 0.2) is 40.8 Å². The van der Waals surface area contributed by atoms with Gasteiger partial charge in [0.15, 0.2) is 0 Å². The molecule has 1 aromatic carbocycles. The van der Waals surface area contributed by atoms with E-state index in [0.29, 0.717) is 43.2 Å². The smallest absolute Gasteiger partial charge is 0.292 e. The lowest BCUT2D eigenvalue weighted by Crippen LogP contribution is -2.50. The molecule has 4 N–H and O–H groups in total. The summed E-state index contributed by atoms with van der Waals surface area (Å²) in [5, 5.41) is 23.2. The molecule has 0 spiro atoms. The third kappa shape index (κ3) is 5.00. The van der Waals surface area contributed by atoms with E-state index >= 15 is 0 Å². The van der Waals surface area contributed by atoms with Crippen molar-refractivity contribution in [1.82, 2.24) is 10.2 Å². The Hall–Kier alpha value is -3.64. The van der Waals surface area contributed by atoms with E-state index in [9.17, 15) is 23.5 Å². The van der Waals surface area contributed by atoms with E-state index in [2.05, 4.69) is 15.6 Å². The molecule has 3 heterocycles. The molecule has 12 heteroatoms. The van der Waals surface area contributed by atoms with Crippen LogP contribution in [0.5, 0.6) is 0 Å². The average molecular weight is 503 g/mol. The predicted molar refractivity (Wildman–Crippen MR) is 131 cm³/mol. The summed E-state index contributed by atoms with van der Waals surface area (Å²) in [6.45, 7) is 2.87. The number of aliphatic imine (C=N–C) groups is 1. The van der Waals surface area contributed by atoms with Gasteiger partial charge < -0.3 is 35.7 Å². The fourth-order valence-electron chi connectivity index (χ4n) is 4.04. The topological polar surface area (TPSA) is 130 Å². The zero-order valence-electron chi connectivity index (χ0n) is 20.0. The summed E-state index contributed by atoms with van der Waals surface area (Å²) in [5.41, 5.74) is -0.660. The number of nitrogens with zero attached hydrogens (tertiary/aromatic N) is 3. The standard InChI is InChI=1S/C24H28F2N6O4/c1-23(2,35)24(25,26)14-32-13-15-10-18(30-21(33)17(12-27)20-28-4-3-5-29-20)19(11-16(15)22(32)34)31-6-8-36-9-7-31/h3-5,10-12,27-28,35H,6-9,13-14H2,1-2H3,(H,30,33)/b20-17-,27-12?. The van der Waals surface area contributed by atoms with Crippen LogP contribution >= 0.6 is 0 Å². The van der Waals surface area contributed by atoms with Crippen molar-refractivity contribution in [3.63, 3.8) is 0 Å². The van der Waals surface area contributed by atoms with Gasteiger partial charge in [-0.15, -0.1) is 0 Å². The van der Waals surface area contributed by atoms with Gasteiger partial charge >= 0.3 is 0 Å². The first kappa shape index (κ1) is 25.5. The molecule has 0 saturated carbocycles. The lowest BCUT2D eigenvalue weighted by molar-refractivity contribution is -0.168. The number of carbonyl (C=O) groups excluding carboxylic acids is 2. The fraction of sp³-hybridized carbons (Fsp3) is 0.417. The lowest BCUT2D eigenvalue weighted by Gasteiger charge is -2.32. The van der Waals surface area contributed by atoms with Gasteiger partial charge in [-0.3, -0.25) is 9.59 Å². The van der Waals surface area contributed by atoms with Crippen LogP contribution in [-0.4, -0.2) is 78.6 Å². The van der Waals surface area contributed by atoms with Gasteiger partial charge in [-0.2, -0.15) is 0 Å². The second kappa shape index (κ2) is 9.78. The molecule has 1 saturated heterocycles. The number of hydrogen-bond donors (Lipinski definition) is 4. The van der Waals surface area contributed by atoms with Crippen molar-refractivity contribution in [2.75, 3.05) is 43.1 Å². The van der Waals surface area contributed by atoms with Crippen molar-refractivity contribution in [2.24, 2.45) is 4.99 Å². The summed E-state index contributed by atoms with van der Waals surface area (Å²) in [4.78, 5) is 33.2. The monoisotopic (exact) mass is 502 g/mol. The van der Waals surface area contributed by atoms with Crippen LogP contribution in [0.4, 0.5) is 20.2 Å². The molecule has 0 bridgehead atoms. The lowest BCUT2D eigenvalue weighted by atomic mass is 10.0. The SMILES string of the molecule is CC(C)(O)C(F)(F)CN1Cc2cc(NC(=O)/C(C=N)=C3\N=CC=CN3)c(N3CCOCC3)cc2C1=O. The second-order valence-electron chi connectivity index (χ2n) is 9.19. The zero-order chi connectivity index (χ0) is 26.1. The van der Waals surface area contributed by atoms with Gasteiger partial charge in [-0.25, -0.2) is 13.8 Å².